The lowest BCUT2D eigenvalue weighted by atomic mass is 10.1. The van der Waals surface area contributed by atoms with Gasteiger partial charge >= 0.3 is 0 Å². The Balaban J connectivity index is 2.67. The van der Waals surface area contributed by atoms with Gasteiger partial charge in [-0.3, -0.25) is 0 Å². The van der Waals surface area contributed by atoms with Crippen LogP contribution in [0.3, 0.4) is 0 Å². The van der Waals surface area contributed by atoms with E-state index in [4.69, 9.17) is 5.73 Å². The van der Waals surface area contributed by atoms with Gasteiger partial charge in [0.05, 0.1) is 0 Å². The first-order valence-electron chi connectivity index (χ1n) is 5.11. The Morgan fingerprint density at radius 3 is 2.44 bits per heavy atom. The molecule has 1 rings (SSSR count). The Morgan fingerprint density at radius 2 is 1.94 bits per heavy atom. The molecule has 3 N–H and O–H groups in total. The molecule has 1 aromatic carbocycles. The van der Waals surface area contributed by atoms with Crippen molar-refractivity contribution in [1.82, 2.24) is 5.32 Å². The van der Waals surface area contributed by atoms with Crippen molar-refractivity contribution < 1.29 is 8.78 Å². The molecule has 5 heteroatoms. The number of hydrogen-bond donors (Lipinski definition) is 2. The quantitative estimate of drug-likeness (QED) is 0.875. The first-order valence-corrected chi connectivity index (χ1v) is 5.90. The van der Waals surface area contributed by atoms with Crippen LogP contribution in [0.2, 0.25) is 0 Å². The van der Waals surface area contributed by atoms with E-state index in [0.717, 1.165) is 6.42 Å². The van der Waals surface area contributed by atoms with E-state index in [0.29, 0.717) is 11.0 Å². The van der Waals surface area contributed by atoms with Gasteiger partial charge in [-0.25, -0.2) is 8.78 Å². The molecule has 1 unspecified atom stereocenters. The normalized spacial score (nSPS) is 12.8. The van der Waals surface area contributed by atoms with Crippen molar-refractivity contribution in [2.75, 3.05) is 6.54 Å². The van der Waals surface area contributed by atoms with E-state index in [9.17, 15) is 8.78 Å². The molecule has 0 aliphatic heterocycles. The molecule has 0 fully saturated rings. The molecule has 0 aromatic heterocycles. The van der Waals surface area contributed by atoms with Gasteiger partial charge in [-0.2, -0.15) is 0 Å². The fraction of sp³-hybridized carbons (Fsp3) is 0.455. The summed E-state index contributed by atoms with van der Waals surface area (Å²) in [6.07, 6.45) is 0.778. The van der Waals surface area contributed by atoms with E-state index < -0.39 is 11.6 Å². The summed E-state index contributed by atoms with van der Waals surface area (Å²) in [7, 11) is 0. The zero-order valence-corrected chi connectivity index (χ0v) is 10.7. The van der Waals surface area contributed by atoms with Gasteiger partial charge in [-0.1, -0.05) is 15.9 Å². The number of hydrogen-bond acceptors (Lipinski definition) is 2. The van der Waals surface area contributed by atoms with Crippen LogP contribution in [-0.4, -0.2) is 12.6 Å². The predicted octanol–water partition coefficient (Wildman–Crippen LogP) is 2.55. The zero-order valence-electron chi connectivity index (χ0n) is 9.06. The molecule has 0 amide bonds. The highest BCUT2D eigenvalue weighted by molar-refractivity contribution is 9.10. The third-order valence-electron chi connectivity index (χ3n) is 2.33. The highest BCUT2D eigenvalue weighted by atomic mass is 79.9. The minimum Gasteiger partial charge on any atom is -0.330 e. The number of nitrogens with one attached hydrogen (secondary N) is 1. The van der Waals surface area contributed by atoms with Crippen molar-refractivity contribution in [3.63, 3.8) is 0 Å². The molecule has 2 nitrogen and oxygen atoms in total. The Kier molecular flexibility index (Phi) is 5.31. The smallest absolute Gasteiger partial charge is 0.131 e. The summed E-state index contributed by atoms with van der Waals surface area (Å²) in [5, 5.41) is 3.03. The monoisotopic (exact) mass is 292 g/mol. The molecule has 16 heavy (non-hydrogen) atoms. The second-order valence-electron chi connectivity index (χ2n) is 3.71. The van der Waals surface area contributed by atoms with Crippen LogP contribution in [0.25, 0.3) is 0 Å². The average Bonchev–Trinajstić information content (AvgIpc) is 2.16. The van der Waals surface area contributed by atoms with Gasteiger partial charge in [0, 0.05) is 22.6 Å². The van der Waals surface area contributed by atoms with E-state index in [-0.39, 0.29) is 18.2 Å². The van der Waals surface area contributed by atoms with Gasteiger partial charge in [-0.15, -0.1) is 0 Å². The summed E-state index contributed by atoms with van der Waals surface area (Å²) < 4.78 is 27.2. The van der Waals surface area contributed by atoms with Gasteiger partial charge in [0.2, 0.25) is 0 Å². The highest BCUT2D eigenvalue weighted by Crippen LogP contribution is 2.19. The first kappa shape index (κ1) is 13.5. The molecule has 0 bridgehead atoms. The Hall–Kier alpha value is -0.520. The van der Waals surface area contributed by atoms with Gasteiger partial charge in [-0.05, 0) is 32.0 Å². The van der Waals surface area contributed by atoms with E-state index >= 15 is 0 Å². The molecule has 1 aromatic rings. The van der Waals surface area contributed by atoms with Crippen molar-refractivity contribution in [3.8, 4) is 0 Å². The molecule has 0 aliphatic rings. The summed E-state index contributed by atoms with van der Waals surface area (Å²) in [4.78, 5) is 0. The second-order valence-corrected chi connectivity index (χ2v) is 4.62. The Bertz CT molecular complexity index is 335. The average molecular weight is 293 g/mol. The van der Waals surface area contributed by atoms with Crippen molar-refractivity contribution in [2.24, 2.45) is 5.73 Å². The summed E-state index contributed by atoms with van der Waals surface area (Å²) in [6.45, 7) is 2.66. The standard InChI is InChI=1S/C11H15BrF2N2/c1-7(2-3-15)16-6-9-10(13)4-8(12)5-11(9)14/h4-5,7,16H,2-3,6,15H2,1H3. The van der Waals surface area contributed by atoms with Crippen LogP contribution in [0, 0.1) is 11.6 Å². The summed E-state index contributed by atoms with van der Waals surface area (Å²) in [5.74, 6) is -1.08. The number of rotatable bonds is 5. The molecular weight excluding hydrogens is 278 g/mol. The largest absolute Gasteiger partial charge is 0.330 e. The van der Waals surface area contributed by atoms with Crippen LogP contribution < -0.4 is 11.1 Å². The van der Waals surface area contributed by atoms with Crippen LogP contribution in [0.1, 0.15) is 18.9 Å². The molecule has 0 spiro atoms. The van der Waals surface area contributed by atoms with Gasteiger partial charge in [0.25, 0.3) is 0 Å². The van der Waals surface area contributed by atoms with Crippen molar-refractivity contribution >= 4 is 15.9 Å². The van der Waals surface area contributed by atoms with Crippen LogP contribution in [0.4, 0.5) is 8.78 Å². The summed E-state index contributed by atoms with van der Waals surface area (Å²) >= 11 is 3.04. The molecule has 1 atom stereocenters. The lowest BCUT2D eigenvalue weighted by Gasteiger charge is -2.13. The van der Waals surface area contributed by atoms with Crippen molar-refractivity contribution in [1.29, 1.82) is 0 Å². The van der Waals surface area contributed by atoms with Gasteiger partial charge in [0.15, 0.2) is 0 Å². The maximum absolute atomic E-state index is 13.4. The van der Waals surface area contributed by atoms with Crippen LogP contribution >= 0.6 is 15.9 Å². The first-order chi connectivity index (χ1) is 7.54. The molecule has 0 saturated heterocycles. The molecule has 0 saturated carbocycles. The van der Waals surface area contributed by atoms with Gasteiger partial charge < -0.3 is 11.1 Å². The fourth-order valence-corrected chi connectivity index (χ4v) is 1.77. The number of halogens is 3. The number of nitrogens with two attached hydrogens (primary N) is 1. The fourth-order valence-electron chi connectivity index (χ4n) is 1.37. The Labute approximate surface area is 102 Å². The summed E-state index contributed by atoms with van der Waals surface area (Å²) in [5.41, 5.74) is 5.45. The van der Waals surface area contributed by atoms with E-state index in [1.54, 1.807) is 0 Å². The third-order valence-corrected chi connectivity index (χ3v) is 2.79. The lowest BCUT2D eigenvalue weighted by molar-refractivity contribution is 0.485. The van der Waals surface area contributed by atoms with Crippen LogP contribution in [0.15, 0.2) is 16.6 Å². The maximum atomic E-state index is 13.4. The molecule has 0 heterocycles. The zero-order chi connectivity index (χ0) is 12.1. The van der Waals surface area contributed by atoms with Crippen LogP contribution in [-0.2, 0) is 6.54 Å². The number of benzene rings is 1. The molecule has 0 aliphatic carbocycles. The van der Waals surface area contributed by atoms with Crippen molar-refractivity contribution in [2.45, 2.75) is 25.9 Å². The Morgan fingerprint density at radius 1 is 1.38 bits per heavy atom. The highest BCUT2D eigenvalue weighted by Gasteiger charge is 2.11. The summed E-state index contributed by atoms with van der Waals surface area (Å²) in [6, 6.07) is 2.66. The second kappa shape index (κ2) is 6.27. The maximum Gasteiger partial charge on any atom is 0.131 e. The van der Waals surface area contributed by atoms with Crippen LogP contribution in [0.5, 0.6) is 0 Å². The lowest BCUT2D eigenvalue weighted by Crippen LogP contribution is -2.28. The topological polar surface area (TPSA) is 38.0 Å². The minimum absolute atomic E-state index is 0.0621. The molecular formula is C11H15BrF2N2. The third kappa shape index (κ3) is 3.81. The van der Waals surface area contributed by atoms with E-state index in [2.05, 4.69) is 21.2 Å². The van der Waals surface area contributed by atoms with E-state index in [1.165, 1.54) is 12.1 Å². The van der Waals surface area contributed by atoms with Gasteiger partial charge in [0.1, 0.15) is 11.6 Å². The van der Waals surface area contributed by atoms with E-state index in [1.807, 2.05) is 6.92 Å². The SMILES string of the molecule is CC(CCN)NCc1c(F)cc(Br)cc1F. The predicted molar refractivity (Wildman–Crippen MR) is 64.0 cm³/mol. The molecule has 0 radical (unpaired) electrons. The van der Waals surface area contributed by atoms with Crippen molar-refractivity contribution in [3.05, 3.63) is 33.8 Å². The molecule has 90 valence electrons. The minimum atomic E-state index is -0.542.